The molecule has 156 valence electrons. The number of halogens is 1. The fourth-order valence-corrected chi connectivity index (χ4v) is 3.75. The van der Waals surface area contributed by atoms with Crippen molar-refractivity contribution in [2.24, 2.45) is 0 Å². The SMILES string of the molecule is COc1ccc(CN(Cc2cccc3ccccc23)C(=O)Nc2cccc(Cl)c2)cc1. The van der Waals surface area contributed by atoms with Gasteiger partial charge in [-0.3, -0.25) is 0 Å². The summed E-state index contributed by atoms with van der Waals surface area (Å²) >= 11 is 6.08. The average molecular weight is 431 g/mol. The minimum Gasteiger partial charge on any atom is -0.497 e. The van der Waals surface area contributed by atoms with Gasteiger partial charge in [-0.2, -0.15) is 0 Å². The first-order valence-electron chi connectivity index (χ1n) is 10.0. The van der Waals surface area contributed by atoms with E-state index in [1.807, 2.05) is 54.6 Å². The molecule has 0 aliphatic rings. The van der Waals surface area contributed by atoms with Gasteiger partial charge in [0.2, 0.25) is 0 Å². The third-order valence-corrected chi connectivity index (χ3v) is 5.37. The molecule has 0 bridgehead atoms. The number of ether oxygens (including phenoxy) is 1. The highest BCUT2D eigenvalue weighted by molar-refractivity contribution is 6.30. The van der Waals surface area contributed by atoms with Crippen molar-refractivity contribution in [3.05, 3.63) is 107 Å². The Kier molecular flexibility index (Phi) is 6.39. The Morgan fingerprint density at radius 1 is 0.903 bits per heavy atom. The molecule has 2 amide bonds. The summed E-state index contributed by atoms with van der Waals surface area (Å²) in [4.78, 5) is 15.0. The number of urea groups is 1. The molecular formula is C26H23ClN2O2. The van der Waals surface area contributed by atoms with Crippen LogP contribution in [0.1, 0.15) is 11.1 Å². The summed E-state index contributed by atoms with van der Waals surface area (Å²) in [6, 6.07) is 29.1. The molecule has 4 nitrogen and oxygen atoms in total. The molecular weight excluding hydrogens is 408 g/mol. The van der Waals surface area contributed by atoms with Gasteiger partial charge in [-0.05, 0) is 52.2 Å². The maximum Gasteiger partial charge on any atom is 0.322 e. The number of amides is 2. The number of nitrogens with zero attached hydrogens (tertiary/aromatic N) is 1. The predicted octanol–water partition coefficient (Wildman–Crippen LogP) is 6.74. The first-order chi connectivity index (χ1) is 15.1. The number of benzene rings is 4. The smallest absolute Gasteiger partial charge is 0.322 e. The molecule has 1 N–H and O–H groups in total. The molecule has 0 radical (unpaired) electrons. The molecule has 0 saturated heterocycles. The Bertz CT molecular complexity index is 1190. The minimum absolute atomic E-state index is 0.189. The maximum absolute atomic E-state index is 13.2. The molecule has 0 aromatic heterocycles. The van der Waals surface area contributed by atoms with Crippen molar-refractivity contribution in [2.45, 2.75) is 13.1 Å². The quantitative estimate of drug-likeness (QED) is 0.368. The summed E-state index contributed by atoms with van der Waals surface area (Å²) < 4.78 is 5.25. The second kappa shape index (κ2) is 9.54. The lowest BCUT2D eigenvalue weighted by molar-refractivity contribution is 0.206. The van der Waals surface area contributed by atoms with Crippen LogP contribution in [0.15, 0.2) is 91.0 Å². The number of carbonyl (C=O) groups excluding carboxylic acids is 1. The zero-order valence-electron chi connectivity index (χ0n) is 17.2. The number of rotatable bonds is 6. The monoisotopic (exact) mass is 430 g/mol. The van der Waals surface area contributed by atoms with Crippen molar-refractivity contribution in [3.8, 4) is 5.75 Å². The Hall–Kier alpha value is -3.50. The van der Waals surface area contributed by atoms with Crippen molar-refractivity contribution in [1.82, 2.24) is 4.90 Å². The molecule has 0 fully saturated rings. The number of nitrogens with one attached hydrogen (secondary N) is 1. The lowest BCUT2D eigenvalue weighted by Crippen LogP contribution is -2.34. The standard InChI is InChI=1S/C26H23ClN2O2/c1-31-24-14-12-19(13-15-24)17-29(26(30)28-23-10-5-9-22(27)16-23)18-21-8-4-7-20-6-2-3-11-25(20)21/h2-16H,17-18H2,1H3,(H,28,30). The van der Waals surface area contributed by atoms with Crippen LogP contribution in [-0.4, -0.2) is 18.0 Å². The van der Waals surface area contributed by atoms with Crippen LogP contribution in [-0.2, 0) is 13.1 Å². The van der Waals surface area contributed by atoms with Crippen molar-refractivity contribution in [1.29, 1.82) is 0 Å². The van der Waals surface area contributed by atoms with E-state index >= 15 is 0 Å². The van der Waals surface area contributed by atoms with E-state index in [1.54, 1.807) is 24.1 Å². The van der Waals surface area contributed by atoms with Crippen LogP contribution in [0.2, 0.25) is 5.02 Å². The number of hydrogen-bond acceptors (Lipinski definition) is 2. The molecule has 4 aromatic carbocycles. The molecule has 0 spiro atoms. The Morgan fingerprint density at radius 2 is 1.65 bits per heavy atom. The van der Waals surface area contributed by atoms with Gasteiger partial charge < -0.3 is 15.0 Å². The summed E-state index contributed by atoms with van der Waals surface area (Å²) in [5, 5.41) is 5.84. The van der Waals surface area contributed by atoms with Crippen molar-refractivity contribution >= 4 is 34.1 Å². The van der Waals surface area contributed by atoms with Crippen molar-refractivity contribution in [2.75, 3.05) is 12.4 Å². The van der Waals surface area contributed by atoms with Crippen LogP contribution in [0, 0.1) is 0 Å². The highest BCUT2D eigenvalue weighted by Crippen LogP contribution is 2.23. The van der Waals surface area contributed by atoms with Crippen LogP contribution < -0.4 is 10.1 Å². The normalized spacial score (nSPS) is 10.6. The Labute approximate surface area is 187 Å². The number of anilines is 1. The van der Waals surface area contributed by atoms with Crippen molar-refractivity contribution in [3.63, 3.8) is 0 Å². The van der Waals surface area contributed by atoms with Gasteiger partial charge in [-0.15, -0.1) is 0 Å². The fraction of sp³-hybridized carbons (Fsp3) is 0.115. The predicted molar refractivity (Wildman–Crippen MR) is 127 cm³/mol. The second-order valence-corrected chi connectivity index (χ2v) is 7.72. The largest absolute Gasteiger partial charge is 0.497 e. The highest BCUT2D eigenvalue weighted by Gasteiger charge is 2.16. The Balaban J connectivity index is 1.62. The van der Waals surface area contributed by atoms with Gasteiger partial charge in [0, 0.05) is 23.8 Å². The van der Waals surface area contributed by atoms with E-state index in [0.717, 1.165) is 27.6 Å². The zero-order valence-corrected chi connectivity index (χ0v) is 18.0. The summed E-state index contributed by atoms with van der Waals surface area (Å²) in [7, 11) is 1.64. The number of hydrogen-bond donors (Lipinski definition) is 1. The molecule has 0 unspecified atom stereocenters. The third-order valence-electron chi connectivity index (χ3n) is 5.14. The summed E-state index contributed by atoms with van der Waals surface area (Å²) in [6.07, 6.45) is 0. The topological polar surface area (TPSA) is 41.6 Å². The van der Waals surface area contributed by atoms with Crippen LogP contribution >= 0.6 is 11.6 Å². The molecule has 5 heteroatoms. The van der Waals surface area contributed by atoms with Crippen molar-refractivity contribution < 1.29 is 9.53 Å². The van der Waals surface area contributed by atoms with Crippen LogP contribution in [0.5, 0.6) is 5.75 Å². The average Bonchev–Trinajstić information content (AvgIpc) is 2.79. The Morgan fingerprint density at radius 3 is 2.42 bits per heavy atom. The van der Waals surface area contributed by atoms with E-state index in [4.69, 9.17) is 16.3 Å². The first-order valence-corrected chi connectivity index (χ1v) is 10.4. The van der Waals surface area contributed by atoms with E-state index in [9.17, 15) is 4.79 Å². The number of methoxy groups -OCH3 is 1. The molecule has 31 heavy (non-hydrogen) atoms. The molecule has 4 rings (SSSR count). The van der Waals surface area contributed by atoms with Crippen LogP contribution in [0.4, 0.5) is 10.5 Å². The van der Waals surface area contributed by atoms with Gasteiger partial charge in [0.25, 0.3) is 0 Å². The fourth-order valence-electron chi connectivity index (χ4n) is 3.56. The first kappa shape index (κ1) is 20.8. The lowest BCUT2D eigenvalue weighted by Gasteiger charge is -2.24. The van der Waals surface area contributed by atoms with E-state index in [0.29, 0.717) is 23.8 Å². The van der Waals surface area contributed by atoms with Gasteiger partial charge in [0.05, 0.1) is 7.11 Å². The summed E-state index contributed by atoms with van der Waals surface area (Å²) in [5.41, 5.74) is 2.77. The van der Waals surface area contributed by atoms with Gasteiger partial charge in [-0.25, -0.2) is 4.79 Å². The molecule has 0 aliphatic carbocycles. The van der Waals surface area contributed by atoms with Gasteiger partial charge in [0.15, 0.2) is 0 Å². The molecule has 0 atom stereocenters. The third kappa shape index (κ3) is 5.16. The van der Waals surface area contributed by atoms with E-state index in [2.05, 4.69) is 29.6 Å². The molecule has 0 heterocycles. The molecule has 0 aliphatic heterocycles. The van der Waals surface area contributed by atoms with Crippen LogP contribution in [0.3, 0.4) is 0 Å². The maximum atomic E-state index is 13.2. The second-order valence-electron chi connectivity index (χ2n) is 7.28. The number of carbonyl (C=O) groups is 1. The number of fused-ring (bicyclic) bond motifs is 1. The summed E-state index contributed by atoms with van der Waals surface area (Å²) in [5.74, 6) is 0.785. The zero-order chi connectivity index (χ0) is 21.6. The lowest BCUT2D eigenvalue weighted by atomic mass is 10.0. The molecule has 0 saturated carbocycles. The van der Waals surface area contributed by atoms with E-state index < -0.39 is 0 Å². The molecule has 4 aromatic rings. The van der Waals surface area contributed by atoms with Crippen LogP contribution in [0.25, 0.3) is 10.8 Å². The highest BCUT2D eigenvalue weighted by atomic mass is 35.5. The van der Waals surface area contributed by atoms with Gasteiger partial charge in [-0.1, -0.05) is 72.3 Å². The van der Waals surface area contributed by atoms with E-state index in [1.165, 1.54) is 0 Å². The van der Waals surface area contributed by atoms with Gasteiger partial charge >= 0.3 is 6.03 Å². The van der Waals surface area contributed by atoms with E-state index in [-0.39, 0.29) is 6.03 Å². The summed E-state index contributed by atoms with van der Waals surface area (Å²) in [6.45, 7) is 0.930. The minimum atomic E-state index is -0.189. The van der Waals surface area contributed by atoms with Gasteiger partial charge in [0.1, 0.15) is 5.75 Å².